The number of benzene rings is 2. The van der Waals surface area contributed by atoms with Crippen molar-refractivity contribution in [3.05, 3.63) is 100 Å². The average Bonchev–Trinajstić information content (AvgIpc) is 3.52. The van der Waals surface area contributed by atoms with Crippen molar-refractivity contribution in [2.24, 2.45) is 7.05 Å². The molecule has 13 heteroatoms. The average molecular weight is 658 g/mol. The Hall–Kier alpha value is -4.55. The van der Waals surface area contributed by atoms with E-state index >= 15 is 0 Å². The van der Waals surface area contributed by atoms with Gasteiger partial charge in [0.2, 0.25) is 11.7 Å². The topological polar surface area (TPSA) is 80.4 Å². The van der Waals surface area contributed by atoms with Gasteiger partial charge in [-0.05, 0) is 64.1 Å². The number of fused-ring (bicyclic) bond motifs is 2. The van der Waals surface area contributed by atoms with Crippen LogP contribution in [0.25, 0.3) is 27.7 Å². The molecule has 46 heavy (non-hydrogen) atoms. The minimum absolute atomic E-state index is 0.0684. The number of halogens is 6. The van der Waals surface area contributed by atoms with Gasteiger partial charge in [0.15, 0.2) is 0 Å². The summed E-state index contributed by atoms with van der Waals surface area (Å²) in [4.78, 5) is 30.1. The van der Waals surface area contributed by atoms with Crippen molar-refractivity contribution in [1.29, 1.82) is 0 Å². The molecule has 0 atom stereocenters. The second-order valence-electron chi connectivity index (χ2n) is 11.8. The monoisotopic (exact) mass is 657 g/mol. The minimum Gasteiger partial charge on any atom is -0.331 e. The van der Waals surface area contributed by atoms with Gasteiger partial charge in [0.25, 0.3) is 0 Å². The molecule has 1 amide bonds. The number of hydrogen-bond acceptors (Lipinski definition) is 4. The lowest BCUT2D eigenvalue weighted by Crippen LogP contribution is -2.35. The highest BCUT2D eigenvalue weighted by atomic mass is 35.5. The van der Waals surface area contributed by atoms with Crippen molar-refractivity contribution < 1.29 is 31.5 Å². The fraction of sp³-hybridized carbons (Fsp3) is 0.242. The Kier molecular flexibility index (Phi) is 8.56. The molecular formula is C33H29ClF5N5O2. The fourth-order valence-corrected chi connectivity index (χ4v) is 5.43. The molecule has 0 fully saturated rings. The molecule has 5 rings (SSSR count). The zero-order chi connectivity index (χ0) is 33.7. The maximum atomic E-state index is 15.0. The highest BCUT2D eigenvalue weighted by Gasteiger charge is 2.37. The summed E-state index contributed by atoms with van der Waals surface area (Å²) >= 11 is 6.60. The summed E-state index contributed by atoms with van der Waals surface area (Å²) in [7, 11) is 1.59. The van der Waals surface area contributed by atoms with E-state index in [-0.39, 0.29) is 49.5 Å². The molecule has 0 spiro atoms. The van der Waals surface area contributed by atoms with Crippen LogP contribution in [0.1, 0.15) is 48.2 Å². The largest absolute Gasteiger partial charge is 0.417 e. The van der Waals surface area contributed by atoms with Gasteiger partial charge in [-0.3, -0.25) is 9.59 Å². The van der Waals surface area contributed by atoms with Crippen LogP contribution in [0.4, 0.5) is 27.6 Å². The number of ketones is 1. The molecule has 0 aliphatic carbocycles. The zero-order valence-corrected chi connectivity index (χ0v) is 26.2. The van der Waals surface area contributed by atoms with Crippen LogP contribution in [0.2, 0.25) is 5.02 Å². The molecule has 3 aromatic heterocycles. The second kappa shape index (κ2) is 12.0. The summed E-state index contributed by atoms with van der Waals surface area (Å²) in [5, 5.41) is 5.06. The SMILES string of the molecule is Cc1nc2c(Cl)c(-c3cccn4c(C(=O)c5cc(F)c(NC(=O)/C=C/CNC(C)(C)C)c(F)c5)ccc34)c(C(F)(F)F)cc2n1C. The van der Waals surface area contributed by atoms with Gasteiger partial charge in [-0.2, -0.15) is 13.2 Å². The molecule has 7 nitrogen and oxygen atoms in total. The molecule has 0 unspecified atom stereocenters. The van der Waals surface area contributed by atoms with E-state index in [2.05, 4.69) is 15.6 Å². The van der Waals surface area contributed by atoms with Crippen molar-refractivity contribution in [1.82, 2.24) is 19.3 Å². The second-order valence-corrected chi connectivity index (χ2v) is 12.1. The van der Waals surface area contributed by atoms with Gasteiger partial charge >= 0.3 is 6.18 Å². The molecule has 0 saturated heterocycles. The molecule has 3 heterocycles. The lowest BCUT2D eigenvalue weighted by Gasteiger charge is -2.18. The van der Waals surface area contributed by atoms with Gasteiger partial charge in [0.1, 0.15) is 28.7 Å². The summed E-state index contributed by atoms with van der Waals surface area (Å²) in [6.07, 6.45) is -0.710. The van der Waals surface area contributed by atoms with Crippen LogP contribution >= 0.6 is 11.6 Å². The van der Waals surface area contributed by atoms with Gasteiger partial charge in [-0.25, -0.2) is 13.8 Å². The van der Waals surface area contributed by atoms with Crippen LogP contribution in [0, 0.1) is 18.6 Å². The predicted octanol–water partition coefficient (Wildman–Crippen LogP) is 7.87. The van der Waals surface area contributed by atoms with E-state index in [0.717, 1.165) is 24.3 Å². The van der Waals surface area contributed by atoms with Crippen molar-refractivity contribution >= 4 is 45.5 Å². The summed E-state index contributed by atoms with van der Waals surface area (Å²) in [6, 6.07) is 8.19. The van der Waals surface area contributed by atoms with Gasteiger partial charge in [0.05, 0.1) is 27.3 Å². The van der Waals surface area contributed by atoms with Crippen molar-refractivity contribution in [3.63, 3.8) is 0 Å². The minimum atomic E-state index is -4.78. The number of aromatic nitrogens is 3. The van der Waals surface area contributed by atoms with Gasteiger partial charge in [0, 0.05) is 48.1 Å². The van der Waals surface area contributed by atoms with Crippen LogP contribution in [-0.2, 0) is 18.0 Å². The van der Waals surface area contributed by atoms with E-state index in [1.165, 1.54) is 45.5 Å². The van der Waals surface area contributed by atoms with Crippen molar-refractivity contribution in [2.45, 2.75) is 39.4 Å². The summed E-state index contributed by atoms with van der Waals surface area (Å²) < 4.78 is 76.0. The number of amides is 1. The van der Waals surface area contributed by atoms with Crippen LogP contribution in [0.3, 0.4) is 0 Å². The smallest absolute Gasteiger partial charge is 0.331 e. The molecule has 2 aromatic carbocycles. The molecule has 5 aromatic rings. The van der Waals surface area contributed by atoms with Crippen LogP contribution < -0.4 is 10.6 Å². The number of rotatable bonds is 7. The quantitative estimate of drug-likeness (QED) is 0.106. The van der Waals surface area contributed by atoms with Crippen LogP contribution in [-0.4, -0.2) is 37.7 Å². The Morgan fingerprint density at radius 1 is 1.02 bits per heavy atom. The molecule has 2 N–H and O–H groups in total. The van der Waals surface area contributed by atoms with Gasteiger partial charge in [-0.15, -0.1) is 0 Å². The maximum Gasteiger partial charge on any atom is 0.417 e. The highest BCUT2D eigenvalue weighted by molar-refractivity contribution is 6.38. The third-order valence-corrected chi connectivity index (χ3v) is 7.78. The third kappa shape index (κ3) is 6.27. The van der Waals surface area contributed by atoms with Crippen LogP contribution in [0.15, 0.2) is 60.8 Å². The molecule has 240 valence electrons. The third-order valence-electron chi connectivity index (χ3n) is 7.41. The van der Waals surface area contributed by atoms with E-state index in [0.29, 0.717) is 12.4 Å². The lowest BCUT2D eigenvalue weighted by molar-refractivity contribution is -0.137. The van der Waals surface area contributed by atoms with E-state index in [1.807, 2.05) is 20.8 Å². The number of alkyl halides is 3. The normalized spacial score (nSPS) is 12.5. The first-order chi connectivity index (χ1) is 21.5. The van der Waals surface area contributed by atoms with Gasteiger partial charge < -0.3 is 19.6 Å². The molecule has 0 radical (unpaired) electrons. The fourth-order valence-electron chi connectivity index (χ4n) is 5.09. The Labute approximate surface area is 265 Å². The number of hydrogen-bond donors (Lipinski definition) is 2. The number of nitrogens with one attached hydrogen (secondary N) is 2. The first-order valence-electron chi connectivity index (χ1n) is 14.1. The number of aryl methyl sites for hydroxylation is 2. The number of nitrogens with zero attached hydrogens (tertiary/aromatic N) is 3. The standard InChI is InChI=1S/C33H29ClF5N5O2/c1-17-41-30-25(43(17)5)16-20(33(37,38)39)27(28(30)34)19-8-7-13-44-23(19)10-11-24(44)31(46)18-14-21(35)29(22(36)15-18)42-26(45)9-6-12-40-32(2,3)4/h6-11,13-16,40H,12H2,1-5H3,(H,42,45)/b9-6+. The van der Waals surface area contributed by atoms with E-state index in [4.69, 9.17) is 11.6 Å². The summed E-state index contributed by atoms with van der Waals surface area (Å²) in [5.74, 6) is -3.47. The number of anilines is 1. The summed E-state index contributed by atoms with van der Waals surface area (Å²) in [6.45, 7) is 7.81. The lowest BCUT2D eigenvalue weighted by atomic mass is 9.97. The van der Waals surface area contributed by atoms with E-state index in [9.17, 15) is 31.5 Å². The molecule has 0 saturated carbocycles. The Balaban J connectivity index is 1.51. The predicted molar refractivity (Wildman–Crippen MR) is 167 cm³/mol. The van der Waals surface area contributed by atoms with E-state index < -0.39 is 40.8 Å². The highest BCUT2D eigenvalue weighted by Crippen LogP contribution is 2.45. The Morgan fingerprint density at radius 3 is 2.33 bits per heavy atom. The van der Waals surface area contributed by atoms with Crippen molar-refractivity contribution in [3.8, 4) is 11.1 Å². The Morgan fingerprint density at radius 2 is 1.70 bits per heavy atom. The first-order valence-corrected chi connectivity index (χ1v) is 14.4. The van der Waals surface area contributed by atoms with Crippen molar-refractivity contribution in [2.75, 3.05) is 11.9 Å². The zero-order valence-electron chi connectivity index (χ0n) is 25.4. The molecule has 0 aliphatic rings. The van der Waals surface area contributed by atoms with Gasteiger partial charge in [-0.1, -0.05) is 23.7 Å². The maximum absolute atomic E-state index is 15.0. The van der Waals surface area contributed by atoms with Crippen LogP contribution in [0.5, 0.6) is 0 Å². The van der Waals surface area contributed by atoms with E-state index in [1.54, 1.807) is 14.0 Å². The molecule has 0 bridgehead atoms. The number of carbonyl (C=O) groups is 2. The number of pyridine rings is 1. The molecule has 0 aliphatic heterocycles. The first kappa shape index (κ1) is 32.8. The Bertz CT molecular complexity index is 2030. The summed E-state index contributed by atoms with van der Waals surface area (Å²) in [5.41, 5.74) is -2.01. The number of imidazole rings is 1. The molecular weight excluding hydrogens is 629 g/mol. The number of carbonyl (C=O) groups excluding carboxylic acids is 2.